The number of hydrogen-bond acceptors (Lipinski definition) is 3. The van der Waals surface area contributed by atoms with Gasteiger partial charge in [0.25, 0.3) is 0 Å². The SMILES string of the molecule is [2H]c1c([2H])c(C([2H])([2H])[C@@]([2H])(C)NC([2H])([2H])C([2H])([2H])[2H])c([2H])c2c1OC([2H])([2H])O2. The van der Waals surface area contributed by atoms with E-state index in [2.05, 4.69) is 0 Å². The molecule has 1 atom stereocenters. The van der Waals surface area contributed by atoms with E-state index in [0.717, 1.165) is 6.92 Å². The number of rotatable bonds is 4. The van der Waals surface area contributed by atoms with Crippen molar-refractivity contribution in [1.82, 2.24) is 5.32 Å². The number of hydrogen-bond donors (Lipinski definition) is 1. The molecule has 0 fully saturated rings. The highest BCUT2D eigenvalue weighted by Crippen LogP contribution is 2.32. The molecule has 0 radical (unpaired) electrons. The van der Waals surface area contributed by atoms with Crippen LogP contribution in [0.3, 0.4) is 0 Å². The highest BCUT2D eigenvalue weighted by molar-refractivity contribution is 5.44. The minimum atomic E-state index is -3.25. The van der Waals surface area contributed by atoms with Crippen molar-refractivity contribution >= 4 is 0 Å². The molecule has 1 aliphatic rings. The third-order valence-electron chi connectivity index (χ3n) is 1.60. The van der Waals surface area contributed by atoms with Crippen molar-refractivity contribution in [1.29, 1.82) is 0 Å². The molecule has 2 rings (SSSR count). The summed E-state index contributed by atoms with van der Waals surface area (Å²) in [5, 5.41) is 1.76. The van der Waals surface area contributed by atoms with Gasteiger partial charge in [0.1, 0.15) is 2.74 Å². The summed E-state index contributed by atoms with van der Waals surface area (Å²) in [6.07, 6.45) is -3.07. The largest absolute Gasteiger partial charge is 0.454 e. The minimum Gasteiger partial charge on any atom is -0.454 e. The Balaban J connectivity index is 2.62. The Kier molecular flexibility index (Phi) is 0.881. The average molecular weight is 220 g/mol. The second kappa shape index (κ2) is 4.53. The number of nitrogens with one attached hydrogen (secondary N) is 1. The molecule has 0 amide bonds. The van der Waals surface area contributed by atoms with Gasteiger partial charge < -0.3 is 14.8 Å². The molecular formula is C12H17NO2. The van der Waals surface area contributed by atoms with E-state index in [1.54, 1.807) is 5.32 Å². The summed E-state index contributed by atoms with van der Waals surface area (Å²) in [6, 6.07) is -5.27. The maximum Gasteiger partial charge on any atom is 0.231 e. The topological polar surface area (TPSA) is 30.5 Å². The van der Waals surface area contributed by atoms with Crippen LogP contribution >= 0.6 is 0 Å². The number of benzene rings is 1. The zero-order valence-corrected chi connectivity index (χ0v) is 7.82. The molecule has 82 valence electrons. The first-order valence-corrected chi connectivity index (χ1v) is 4.07. The van der Waals surface area contributed by atoms with Gasteiger partial charge in [-0.15, -0.1) is 0 Å². The summed E-state index contributed by atoms with van der Waals surface area (Å²) >= 11 is 0. The minimum absolute atomic E-state index is 0.572. The lowest BCUT2D eigenvalue weighted by Crippen LogP contribution is -2.27. The lowest BCUT2D eigenvalue weighted by atomic mass is 10.1. The van der Waals surface area contributed by atoms with Crippen LogP contribution in [0.25, 0.3) is 0 Å². The molecule has 3 heteroatoms. The van der Waals surface area contributed by atoms with E-state index in [-0.39, 0.29) is 0 Å². The van der Waals surface area contributed by atoms with E-state index in [0.29, 0.717) is 0 Å². The summed E-state index contributed by atoms with van der Waals surface area (Å²) in [5.41, 5.74) is -0.871. The van der Waals surface area contributed by atoms with E-state index in [1.807, 2.05) is 0 Å². The van der Waals surface area contributed by atoms with Crippen molar-refractivity contribution in [3.05, 3.63) is 23.7 Å². The normalized spacial score (nSPS) is 36.2. The molecular weight excluding hydrogens is 190 g/mol. The van der Waals surface area contributed by atoms with Crippen LogP contribution in [0.5, 0.6) is 11.5 Å². The summed E-state index contributed by atoms with van der Waals surface area (Å²) in [4.78, 5) is 0. The van der Waals surface area contributed by atoms with E-state index >= 15 is 0 Å². The Bertz CT molecular complexity index is 802. The van der Waals surface area contributed by atoms with Crippen LogP contribution in [-0.4, -0.2) is 19.3 Å². The number of fused-ring (bicyclic) bond motifs is 1. The molecule has 0 aromatic heterocycles. The number of likely N-dealkylation sites (N-methyl/N-ethyl adjacent to an activating group) is 1. The summed E-state index contributed by atoms with van der Waals surface area (Å²) < 4.78 is 110. The van der Waals surface area contributed by atoms with Crippen LogP contribution in [0.4, 0.5) is 0 Å². The fourth-order valence-corrected chi connectivity index (χ4v) is 1.00. The van der Waals surface area contributed by atoms with Gasteiger partial charge in [-0.3, -0.25) is 0 Å². The van der Waals surface area contributed by atoms with E-state index < -0.39 is 67.7 Å². The lowest BCUT2D eigenvalue weighted by molar-refractivity contribution is 0.174. The van der Waals surface area contributed by atoms with Gasteiger partial charge in [-0.1, -0.05) is 12.9 Å². The maximum atomic E-state index is 8.25. The highest BCUT2D eigenvalue weighted by Gasteiger charge is 2.13. The van der Waals surface area contributed by atoms with Crippen molar-refractivity contribution in [2.45, 2.75) is 26.2 Å². The monoisotopic (exact) mass is 220 g/mol. The van der Waals surface area contributed by atoms with Gasteiger partial charge in [0.15, 0.2) is 11.5 Å². The standard InChI is InChI=1S/C12H17NO2/c1-3-13-9(2)6-10-4-5-11-12(7-10)15-8-14-11/h4-5,7,9,13H,3,6,8H2,1-2H3/t9-/m1/s1/i1D3,3D2,4D,5D,6D2,7D,8D2,9D. The summed E-state index contributed by atoms with van der Waals surface area (Å²) in [7, 11) is 0. The molecule has 15 heavy (non-hydrogen) atoms. The Morgan fingerprint density at radius 2 is 2.60 bits per heavy atom. The van der Waals surface area contributed by atoms with Crippen molar-refractivity contribution in [3.8, 4) is 11.5 Å². The Morgan fingerprint density at radius 3 is 3.47 bits per heavy atom. The first-order chi connectivity index (χ1) is 12.3. The van der Waals surface area contributed by atoms with Gasteiger partial charge in [0.05, 0.1) is 4.11 Å². The van der Waals surface area contributed by atoms with E-state index in [1.165, 1.54) is 0 Å². The van der Waals surface area contributed by atoms with Gasteiger partial charge in [0, 0.05) is 17.0 Å². The molecule has 0 unspecified atom stereocenters. The smallest absolute Gasteiger partial charge is 0.231 e. The highest BCUT2D eigenvalue weighted by atomic mass is 16.7. The van der Waals surface area contributed by atoms with Gasteiger partial charge in [0.2, 0.25) is 6.75 Å². The van der Waals surface area contributed by atoms with Gasteiger partial charge in [-0.05, 0) is 37.4 Å². The third kappa shape index (κ3) is 2.42. The molecule has 0 spiro atoms. The molecule has 0 aliphatic carbocycles. The van der Waals surface area contributed by atoms with Crippen molar-refractivity contribution in [3.63, 3.8) is 0 Å². The summed E-state index contributed by atoms with van der Waals surface area (Å²) in [6.45, 7) is -8.35. The van der Waals surface area contributed by atoms with Crippen molar-refractivity contribution < 1.29 is 27.3 Å². The molecule has 1 aliphatic heterocycles. The lowest BCUT2D eigenvalue weighted by Gasteiger charge is -2.12. The predicted octanol–water partition coefficient (Wildman–Crippen LogP) is 1.96. The molecule has 1 heterocycles. The molecule has 0 saturated heterocycles. The Labute approximate surface area is 109 Å². The Hall–Kier alpha value is -1.22. The van der Waals surface area contributed by atoms with Crippen LogP contribution in [0.15, 0.2) is 18.1 Å². The first-order valence-electron chi connectivity index (χ1n) is 10.6. The molecule has 0 bridgehead atoms. The van der Waals surface area contributed by atoms with Crippen LogP contribution in [0, 0.1) is 0 Å². The molecule has 1 N–H and O–H groups in total. The van der Waals surface area contributed by atoms with Crippen LogP contribution in [0.1, 0.15) is 37.2 Å². The second-order valence-corrected chi connectivity index (χ2v) is 2.70. The quantitative estimate of drug-likeness (QED) is 0.841. The zero-order chi connectivity index (χ0) is 22.1. The average Bonchev–Trinajstić information content (AvgIpc) is 2.78. The van der Waals surface area contributed by atoms with Crippen LogP contribution < -0.4 is 14.8 Å². The summed E-state index contributed by atoms with van der Waals surface area (Å²) in [5.74, 6) is -1.21. The Morgan fingerprint density at radius 1 is 1.73 bits per heavy atom. The molecule has 1 aromatic carbocycles. The molecule has 0 saturated carbocycles. The fraction of sp³-hybridized carbons (Fsp3) is 0.500. The molecule has 1 aromatic rings. The third-order valence-corrected chi connectivity index (χ3v) is 1.60. The zero-order valence-electron chi connectivity index (χ0n) is 20.8. The molecule has 3 nitrogen and oxygen atoms in total. The van der Waals surface area contributed by atoms with Gasteiger partial charge >= 0.3 is 0 Å². The van der Waals surface area contributed by atoms with Crippen molar-refractivity contribution in [2.75, 3.05) is 13.2 Å². The van der Waals surface area contributed by atoms with Gasteiger partial charge in [-0.2, -0.15) is 0 Å². The van der Waals surface area contributed by atoms with Crippen molar-refractivity contribution in [2.24, 2.45) is 0 Å². The van der Waals surface area contributed by atoms with Gasteiger partial charge in [-0.25, -0.2) is 0 Å². The maximum absolute atomic E-state index is 8.25. The van der Waals surface area contributed by atoms with E-state index in [4.69, 9.17) is 27.3 Å². The number of ether oxygens (including phenoxy) is 2. The van der Waals surface area contributed by atoms with Crippen LogP contribution in [-0.2, 0) is 6.37 Å². The fourth-order valence-electron chi connectivity index (χ4n) is 1.00. The first kappa shape index (κ1) is 2.92. The van der Waals surface area contributed by atoms with Crippen LogP contribution in [0.2, 0.25) is 0 Å². The second-order valence-electron chi connectivity index (χ2n) is 2.70. The van der Waals surface area contributed by atoms with E-state index in [9.17, 15) is 0 Å². The predicted molar refractivity (Wildman–Crippen MR) is 59.4 cm³/mol.